The molecule has 0 fully saturated rings. The van der Waals surface area contributed by atoms with Gasteiger partial charge in [-0.2, -0.15) is 0 Å². The molecule has 0 saturated carbocycles. The van der Waals surface area contributed by atoms with E-state index in [9.17, 15) is 8.42 Å². The third-order valence-corrected chi connectivity index (χ3v) is 8.87. The van der Waals surface area contributed by atoms with Crippen LogP contribution in [0.15, 0.2) is 46.4 Å². The van der Waals surface area contributed by atoms with Crippen LogP contribution in [0, 0.1) is 6.92 Å². The number of halogens is 1. The Bertz CT molecular complexity index is 1410. The van der Waals surface area contributed by atoms with E-state index in [4.69, 9.17) is 9.47 Å². The van der Waals surface area contributed by atoms with Gasteiger partial charge < -0.3 is 9.47 Å². The SMILES string of the molecule is COc1cccc(OC)c1-n1c(CS(=O)(=O)[C@@H](C)Cc2ccc(Br)cn2)nnc1-c1nc(C)cs1. The normalized spacial score (nSPS) is 12.5. The zero-order valence-electron chi connectivity index (χ0n) is 19.6. The molecule has 35 heavy (non-hydrogen) atoms. The highest BCUT2D eigenvalue weighted by atomic mass is 79.9. The number of aryl methyl sites for hydroxylation is 1. The molecule has 4 aromatic rings. The third kappa shape index (κ3) is 5.39. The number of thiazole rings is 1. The van der Waals surface area contributed by atoms with E-state index in [-0.39, 0.29) is 18.0 Å². The Balaban J connectivity index is 1.79. The molecule has 12 heteroatoms. The van der Waals surface area contributed by atoms with E-state index in [1.54, 1.807) is 56.2 Å². The van der Waals surface area contributed by atoms with E-state index in [1.807, 2.05) is 18.4 Å². The summed E-state index contributed by atoms with van der Waals surface area (Å²) < 4.78 is 40.5. The number of rotatable bonds is 9. The van der Waals surface area contributed by atoms with Crippen molar-refractivity contribution in [2.45, 2.75) is 31.3 Å². The number of hydrogen-bond acceptors (Lipinski definition) is 9. The molecule has 0 spiro atoms. The predicted molar refractivity (Wildman–Crippen MR) is 138 cm³/mol. The highest BCUT2D eigenvalue weighted by Crippen LogP contribution is 2.37. The van der Waals surface area contributed by atoms with Crippen LogP contribution < -0.4 is 9.47 Å². The van der Waals surface area contributed by atoms with Crippen molar-refractivity contribution in [1.82, 2.24) is 24.7 Å². The summed E-state index contributed by atoms with van der Waals surface area (Å²) in [5.74, 6) is 1.31. The summed E-state index contributed by atoms with van der Waals surface area (Å²) in [5.41, 5.74) is 2.03. The van der Waals surface area contributed by atoms with Crippen LogP contribution in [-0.2, 0) is 22.0 Å². The molecular formula is C23H24BrN5O4S2. The molecule has 3 heterocycles. The molecule has 1 atom stereocenters. The van der Waals surface area contributed by atoms with Gasteiger partial charge in [-0.25, -0.2) is 13.4 Å². The van der Waals surface area contributed by atoms with Gasteiger partial charge in [-0.3, -0.25) is 9.55 Å². The first-order valence-corrected chi connectivity index (χ1v) is 14.0. The third-order valence-electron chi connectivity index (χ3n) is 5.39. The summed E-state index contributed by atoms with van der Waals surface area (Å²) in [7, 11) is -0.546. The average Bonchev–Trinajstić information content (AvgIpc) is 3.45. The second-order valence-corrected chi connectivity index (χ2v) is 12.1. The topological polar surface area (TPSA) is 109 Å². The number of nitrogens with zero attached hydrogens (tertiary/aromatic N) is 5. The lowest BCUT2D eigenvalue weighted by Gasteiger charge is -2.18. The molecule has 0 N–H and O–H groups in total. The van der Waals surface area contributed by atoms with Gasteiger partial charge in [-0.05, 0) is 54.0 Å². The Morgan fingerprint density at radius 2 is 1.83 bits per heavy atom. The van der Waals surface area contributed by atoms with Gasteiger partial charge in [-0.1, -0.05) is 6.07 Å². The smallest absolute Gasteiger partial charge is 0.197 e. The number of methoxy groups -OCH3 is 2. The number of benzene rings is 1. The Morgan fingerprint density at radius 3 is 2.40 bits per heavy atom. The van der Waals surface area contributed by atoms with E-state index in [2.05, 4.69) is 36.1 Å². The minimum Gasteiger partial charge on any atom is -0.494 e. The number of ether oxygens (including phenoxy) is 2. The van der Waals surface area contributed by atoms with E-state index in [1.165, 1.54) is 11.3 Å². The highest BCUT2D eigenvalue weighted by molar-refractivity contribution is 9.10. The molecular weight excluding hydrogens is 554 g/mol. The summed E-state index contributed by atoms with van der Waals surface area (Å²) >= 11 is 4.75. The number of hydrogen-bond donors (Lipinski definition) is 0. The quantitative estimate of drug-likeness (QED) is 0.287. The molecule has 0 aliphatic carbocycles. The molecule has 0 amide bonds. The molecule has 0 unspecified atom stereocenters. The van der Waals surface area contributed by atoms with Crippen LogP contribution in [0.25, 0.3) is 16.5 Å². The van der Waals surface area contributed by atoms with E-state index >= 15 is 0 Å². The predicted octanol–water partition coefficient (Wildman–Crippen LogP) is 4.42. The van der Waals surface area contributed by atoms with E-state index < -0.39 is 15.1 Å². The van der Waals surface area contributed by atoms with Gasteiger partial charge in [0.1, 0.15) is 22.9 Å². The standard InChI is InChI=1S/C23H24BrN5O4S2/c1-14-12-34-23(26-14)22-28-27-20(29(22)21-18(32-3)6-5-7-19(21)33-4)13-35(30,31)15(2)10-17-9-8-16(24)11-25-17/h5-9,11-12,15H,10,13H2,1-4H3/t15-/m0/s1. The maximum Gasteiger partial charge on any atom is 0.197 e. The van der Waals surface area contributed by atoms with E-state index in [0.717, 1.165) is 10.2 Å². The molecule has 0 bridgehead atoms. The zero-order valence-corrected chi connectivity index (χ0v) is 22.8. The molecule has 0 radical (unpaired) electrons. The van der Waals surface area contributed by atoms with Gasteiger partial charge in [0.2, 0.25) is 0 Å². The largest absolute Gasteiger partial charge is 0.494 e. The fourth-order valence-corrected chi connectivity index (χ4v) is 5.82. The molecule has 9 nitrogen and oxygen atoms in total. The van der Waals surface area contributed by atoms with Gasteiger partial charge in [0.25, 0.3) is 0 Å². The molecule has 3 aromatic heterocycles. The van der Waals surface area contributed by atoms with Crippen molar-refractivity contribution in [2.75, 3.05) is 14.2 Å². The summed E-state index contributed by atoms with van der Waals surface area (Å²) in [6.07, 6.45) is 1.93. The first-order chi connectivity index (χ1) is 16.7. The van der Waals surface area contributed by atoms with Crippen LogP contribution in [0.5, 0.6) is 11.5 Å². The lowest BCUT2D eigenvalue weighted by molar-refractivity contribution is 0.391. The van der Waals surface area contributed by atoms with Crippen molar-refractivity contribution in [3.05, 3.63) is 63.6 Å². The van der Waals surface area contributed by atoms with Gasteiger partial charge in [-0.15, -0.1) is 21.5 Å². The lowest BCUT2D eigenvalue weighted by atomic mass is 10.2. The van der Waals surface area contributed by atoms with Gasteiger partial charge in [0.05, 0.1) is 19.5 Å². The number of pyridine rings is 1. The molecule has 0 aliphatic heterocycles. The zero-order chi connectivity index (χ0) is 25.2. The first kappa shape index (κ1) is 25.3. The van der Waals surface area contributed by atoms with Crippen molar-refractivity contribution >= 4 is 37.1 Å². The maximum atomic E-state index is 13.4. The Morgan fingerprint density at radius 1 is 1.11 bits per heavy atom. The van der Waals surface area contributed by atoms with Gasteiger partial charge in [0.15, 0.2) is 26.5 Å². The van der Waals surface area contributed by atoms with Gasteiger partial charge in [0, 0.05) is 33.9 Å². The second kappa shape index (κ2) is 10.4. The van der Waals surface area contributed by atoms with Crippen molar-refractivity contribution < 1.29 is 17.9 Å². The van der Waals surface area contributed by atoms with Crippen LogP contribution >= 0.6 is 27.3 Å². The molecule has 4 rings (SSSR count). The molecule has 1 aromatic carbocycles. The molecule has 0 saturated heterocycles. The van der Waals surface area contributed by atoms with Crippen molar-refractivity contribution in [2.24, 2.45) is 0 Å². The summed E-state index contributed by atoms with van der Waals surface area (Å²) in [6, 6.07) is 8.99. The summed E-state index contributed by atoms with van der Waals surface area (Å²) in [6.45, 7) is 3.56. The Kier molecular flexibility index (Phi) is 7.53. The van der Waals surface area contributed by atoms with Crippen LogP contribution in [0.2, 0.25) is 0 Å². The minimum atomic E-state index is -3.63. The van der Waals surface area contributed by atoms with Crippen LogP contribution in [-0.4, -0.2) is 52.6 Å². The van der Waals surface area contributed by atoms with Crippen LogP contribution in [0.4, 0.5) is 0 Å². The van der Waals surface area contributed by atoms with Crippen molar-refractivity contribution in [3.8, 4) is 28.0 Å². The Hall–Kier alpha value is -2.83. The van der Waals surface area contributed by atoms with E-state index in [0.29, 0.717) is 33.7 Å². The first-order valence-electron chi connectivity index (χ1n) is 10.6. The van der Waals surface area contributed by atoms with Gasteiger partial charge >= 0.3 is 0 Å². The lowest BCUT2D eigenvalue weighted by Crippen LogP contribution is -2.24. The monoisotopic (exact) mass is 577 g/mol. The fraction of sp³-hybridized carbons (Fsp3) is 0.304. The van der Waals surface area contributed by atoms with Crippen molar-refractivity contribution in [3.63, 3.8) is 0 Å². The fourth-order valence-electron chi connectivity index (χ4n) is 3.56. The number of para-hydroxylation sites is 1. The maximum absolute atomic E-state index is 13.4. The highest BCUT2D eigenvalue weighted by Gasteiger charge is 2.29. The van der Waals surface area contributed by atoms with Crippen molar-refractivity contribution in [1.29, 1.82) is 0 Å². The minimum absolute atomic E-state index is 0.242. The Labute approximate surface area is 216 Å². The van der Waals surface area contributed by atoms with Crippen LogP contribution in [0.3, 0.4) is 0 Å². The second-order valence-electron chi connectivity index (χ2n) is 7.87. The number of aromatic nitrogens is 5. The van der Waals surface area contributed by atoms with Crippen LogP contribution in [0.1, 0.15) is 24.1 Å². The average molecular weight is 579 g/mol. The number of sulfone groups is 1. The summed E-state index contributed by atoms with van der Waals surface area (Å²) in [5, 5.41) is 10.4. The summed E-state index contributed by atoms with van der Waals surface area (Å²) in [4.78, 5) is 8.85. The molecule has 0 aliphatic rings. The molecule has 184 valence electrons.